The first-order valence-electron chi connectivity index (χ1n) is 7.80. The lowest BCUT2D eigenvalue weighted by Crippen LogP contribution is -2.35. The van der Waals surface area contributed by atoms with Gasteiger partial charge in [-0.2, -0.15) is 0 Å². The molecule has 0 unspecified atom stereocenters. The molecule has 3 rings (SSSR count). The van der Waals surface area contributed by atoms with Crippen LogP contribution in [0.4, 0.5) is 0 Å². The molecule has 0 aliphatic carbocycles. The number of nitrogens with one attached hydrogen (secondary N) is 1. The Labute approximate surface area is 121 Å². The van der Waals surface area contributed by atoms with Gasteiger partial charge < -0.3 is 14.8 Å². The van der Waals surface area contributed by atoms with Crippen molar-refractivity contribution in [2.75, 3.05) is 26.2 Å². The number of nitrogens with zero attached hydrogens (tertiary/aromatic N) is 2. The van der Waals surface area contributed by atoms with Crippen molar-refractivity contribution in [2.24, 2.45) is 7.05 Å². The maximum atomic E-state index is 3.60. The molecule has 0 saturated carbocycles. The summed E-state index contributed by atoms with van der Waals surface area (Å²) in [5.74, 6) is 0. The largest absolute Gasteiger partial charge is 0.350 e. The van der Waals surface area contributed by atoms with Gasteiger partial charge in [-0.05, 0) is 37.6 Å². The van der Waals surface area contributed by atoms with Crippen LogP contribution in [-0.4, -0.2) is 35.6 Å². The fourth-order valence-corrected chi connectivity index (χ4v) is 3.21. The van der Waals surface area contributed by atoms with Crippen LogP contribution in [0.3, 0.4) is 0 Å². The lowest BCUT2D eigenvalue weighted by atomic mass is 10.1. The van der Waals surface area contributed by atoms with Gasteiger partial charge in [-0.25, -0.2) is 0 Å². The number of benzene rings is 1. The van der Waals surface area contributed by atoms with Crippen molar-refractivity contribution in [1.82, 2.24) is 14.8 Å². The van der Waals surface area contributed by atoms with E-state index in [1.165, 1.54) is 55.4 Å². The predicted octanol–water partition coefficient (Wildman–Crippen LogP) is 2.75. The standard InChI is InChI=1S/C17H25N3/c1-19-14-15(16-7-3-4-8-17(16)19)13-18-9-12-20-10-5-2-6-11-20/h3-4,7-8,14,18H,2,5-6,9-13H2,1H3. The van der Waals surface area contributed by atoms with Crippen molar-refractivity contribution in [1.29, 1.82) is 0 Å². The van der Waals surface area contributed by atoms with Gasteiger partial charge in [0, 0.05) is 43.8 Å². The van der Waals surface area contributed by atoms with Crippen LogP contribution >= 0.6 is 0 Å². The van der Waals surface area contributed by atoms with Gasteiger partial charge in [0.2, 0.25) is 0 Å². The van der Waals surface area contributed by atoms with Crippen molar-refractivity contribution in [3.8, 4) is 0 Å². The number of fused-ring (bicyclic) bond motifs is 1. The Morgan fingerprint density at radius 3 is 2.75 bits per heavy atom. The molecule has 1 saturated heterocycles. The van der Waals surface area contributed by atoms with Crippen LogP contribution in [0.1, 0.15) is 24.8 Å². The lowest BCUT2D eigenvalue weighted by Gasteiger charge is -2.26. The molecular weight excluding hydrogens is 246 g/mol. The van der Waals surface area contributed by atoms with Crippen LogP contribution in [0.25, 0.3) is 10.9 Å². The molecule has 0 radical (unpaired) electrons. The van der Waals surface area contributed by atoms with E-state index in [9.17, 15) is 0 Å². The molecule has 0 bridgehead atoms. The molecule has 1 aliphatic heterocycles. The van der Waals surface area contributed by atoms with Crippen LogP contribution in [0.5, 0.6) is 0 Å². The third-order valence-corrected chi connectivity index (χ3v) is 4.35. The van der Waals surface area contributed by atoms with Gasteiger partial charge in [0.25, 0.3) is 0 Å². The van der Waals surface area contributed by atoms with Crippen molar-refractivity contribution in [2.45, 2.75) is 25.8 Å². The molecule has 2 heterocycles. The molecule has 1 fully saturated rings. The summed E-state index contributed by atoms with van der Waals surface area (Å²) in [6.45, 7) is 5.81. The molecule has 0 atom stereocenters. The molecule has 3 nitrogen and oxygen atoms in total. The van der Waals surface area contributed by atoms with E-state index in [0.717, 1.165) is 13.1 Å². The summed E-state index contributed by atoms with van der Waals surface area (Å²) in [6.07, 6.45) is 6.42. The smallest absolute Gasteiger partial charge is 0.0481 e. The van der Waals surface area contributed by atoms with E-state index in [-0.39, 0.29) is 0 Å². The Morgan fingerprint density at radius 2 is 1.90 bits per heavy atom. The molecule has 0 amide bonds. The van der Waals surface area contributed by atoms with Crippen LogP contribution in [0.2, 0.25) is 0 Å². The first kappa shape index (κ1) is 13.7. The number of likely N-dealkylation sites (tertiary alicyclic amines) is 1. The van der Waals surface area contributed by atoms with E-state index in [1.807, 2.05) is 0 Å². The van der Waals surface area contributed by atoms with E-state index < -0.39 is 0 Å². The molecular formula is C17H25N3. The zero-order valence-corrected chi connectivity index (χ0v) is 12.4. The summed E-state index contributed by atoms with van der Waals surface area (Å²) in [6, 6.07) is 8.64. The minimum atomic E-state index is 0.967. The molecule has 1 N–H and O–H groups in total. The van der Waals surface area contributed by atoms with E-state index in [4.69, 9.17) is 0 Å². The minimum Gasteiger partial charge on any atom is -0.350 e. The summed E-state index contributed by atoms with van der Waals surface area (Å²) >= 11 is 0. The fraction of sp³-hybridized carbons (Fsp3) is 0.529. The van der Waals surface area contributed by atoms with Gasteiger partial charge >= 0.3 is 0 Å². The number of para-hydroxylation sites is 1. The van der Waals surface area contributed by atoms with Gasteiger partial charge in [-0.3, -0.25) is 0 Å². The monoisotopic (exact) mass is 271 g/mol. The molecule has 3 heteroatoms. The summed E-state index contributed by atoms with van der Waals surface area (Å²) in [7, 11) is 2.12. The van der Waals surface area contributed by atoms with Crippen molar-refractivity contribution < 1.29 is 0 Å². The molecule has 1 aliphatic rings. The quantitative estimate of drug-likeness (QED) is 0.844. The Hall–Kier alpha value is -1.32. The van der Waals surface area contributed by atoms with Gasteiger partial charge in [-0.15, -0.1) is 0 Å². The van der Waals surface area contributed by atoms with E-state index in [2.05, 4.69) is 52.3 Å². The zero-order chi connectivity index (χ0) is 13.8. The summed E-state index contributed by atoms with van der Waals surface area (Å²) in [5, 5.41) is 4.97. The second kappa shape index (κ2) is 6.42. The Kier molecular flexibility index (Phi) is 4.38. The highest BCUT2D eigenvalue weighted by atomic mass is 15.1. The molecule has 0 spiro atoms. The number of piperidine rings is 1. The van der Waals surface area contributed by atoms with Crippen LogP contribution < -0.4 is 5.32 Å². The third-order valence-electron chi connectivity index (χ3n) is 4.35. The van der Waals surface area contributed by atoms with Gasteiger partial charge in [0.1, 0.15) is 0 Å². The normalized spacial score (nSPS) is 16.9. The maximum absolute atomic E-state index is 3.60. The highest BCUT2D eigenvalue weighted by molar-refractivity contribution is 5.83. The summed E-state index contributed by atoms with van der Waals surface area (Å²) < 4.78 is 2.22. The fourth-order valence-electron chi connectivity index (χ4n) is 3.21. The van der Waals surface area contributed by atoms with Crippen molar-refractivity contribution in [3.63, 3.8) is 0 Å². The van der Waals surface area contributed by atoms with Crippen LogP contribution in [0, 0.1) is 0 Å². The summed E-state index contributed by atoms with van der Waals surface area (Å²) in [4.78, 5) is 2.58. The lowest BCUT2D eigenvalue weighted by molar-refractivity contribution is 0.229. The number of aromatic nitrogens is 1. The first-order chi connectivity index (χ1) is 9.84. The van der Waals surface area contributed by atoms with Gasteiger partial charge in [0.05, 0.1) is 0 Å². The Balaban J connectivity index is 1.52. The predicted molar refractivity (Wildman–Crippen MR) is 84.9 cm³/mol. The highest BCUT2D eigenvalue weighted by Crippen LogP contribution is 2.19. The number of hydrogen-bond donors (Lipinski definition) is 1. The zero-order valence-electron chi connectivity index (χ0n) is 12.4. The third kappa shape index (κ3) is 3.05. The molecule has 108 valence electrons. The SMILES string of the molecule is Cn1cc(CNCCN2CCCCC2)c2ccccc21. The second-order valence-corrected chi connectivity index (χ2v) is 5.86. The number of rotatable bonds is 5. The molecule has 1 aromatic carbocycles. The molecule has 20 heavy (non-hydrogen) atoms. The first-order valence-corrected chi connectivity index (χ1v) is 7.80. The number of hydrogen-bond acceptors (Lipinski definition) is 2. The van der Waals surface area contributed by atoms with E-state index in [1.54, 1.807) is 0 Å². The van der Waals surface area contributed by atoms with Gasteiger partial charge in [0.15, 0.2) is 0 Å². The Bertz CT molecular complexity index is 552. The van der Waals surface area contributed by atoms with Crippen LogP contribution in [-0.2, 0) is 13.6 Å². The highest BCUT2D eigenvalue weighted by Gasteiger charge is 2.09. The molecule has 2 aromatic rings. The van der Waals surface area contributed by atoms with Gasteiger partial charge in [-0.1, -0.05) is 24.6 Å². The maximum Gasteiger partial charge on any atom is 0.0481 e. The van der Waals surface area contributed by atoms with E-state index in [0.29, 0.717) is 0 Å². The second-order valence-electron chi connectivity index (χ2n) is 5.86. The average Bonchev–Trinajstić information content (AvgIpc) is 2.82. The van der Waals surface area contributed by atoms with Crippen molar-refractivity contribution in [3.05, 3.63) is 36.0 Å². The topological polar surface area (TPSA) is 20.2 Å². The minimum absolute atomic E-state index is 0.967. The summed E-state index contributed by atoms with van der Waals surface area (Å²) in [5.41, 5.74) is 2.72. The van der Waals surface area contributed by atoms with E-state index >= 15 is 0 Å². The Morgan fingerprint density at radius 1 is 1.10 bits per heavy atom. The molecule has 1 aromatic heterocycles. The van der Waals surface area contributed by atoms with Crippen molar-refractivity contribution >= 4 is 10.9 Å². The van der Waals surface area contributed by atoms with Crippen LogP contribution in [0.15, 0.2) is 30.5 Å². The average molecular weight is 271 g/mol. The number of aryl methyl sites for hydroxylation is 1.